The topological polar surface area (TPSA) is 254 Å². The van der Waals surface area contributed by atoms with Gasteiger partial charge in [0.05, 0.1) is 67.1 Å². The first-order chi connectivity index (χ1) is 25.0. The van der Waals surface area contributed by atoms with Gasteiger partial charge in [0, 0.05) is 11.8 Å². The number of hydrogen-bond acceptors (Lipinski definition) is 18. The smallest absolute Gasteiger partial charge is 0.229 e. The molecule has 4 fully saturated rings. The van der Waals surface area contributed by atoms with Gasteiger partial charge >= 0.3 is 0 Å². The molecule has 0 spiro atoms. The summed E-state index contributed by atoms with van der Waals surface area (Å²) in [6, 6.07) is 6.78. The highest BCUT2D eigenvalue weighted by molar-refractivity contribution is 5.56. The summed E-state index contributed by atoms with van der Waals surface area (Å²) in [5, 5.41) is 81.0. The van der Waals surface area contributed by atoms with Crippen LogP contribution in [-0.4, -0.2) is 157 Å². The highest BCUT2D eigenvalue weighted by atomic mass is 16.7. The van der Waals surface area contributed by atoms with Crippen molar-refractivity contribution in [3.8, 4) is 34.5 Å². The molecule has 0 radical (unpaired) electrons. The predicted octanol–water partition coefficient (Wildman–Crippen LogP) is -1.85. The lowest BCUT2D eigenvalue weighted by molar-refractivity contribution is -0.277. The largest absolute Gasteiger partial charge is 0.493 e. The fraction of sp³-hybridized carbons (Fsp3) is 0.647. The van der Waals surface area contributed by atoms with E-state index in [4.69, 9.17) is 47.4 Å². The molecule has 8 N–H and O–H groups in total. The zero-order chi connectivity index (χ0) is 37.4. The Labute approximate surface area is 298 Å². The molecule has 0 saturated carbocycles. The number of aliphatic hydroxyl groups excluding tert-OH is 8. The zero-order valence-electron chi connectivity index (χ0n) is 28.9. The van der Waals surface area contributed by atoms with E-state index in [1.807, 2.05) is 0 Å². The van der Waals surface area contributed by atoms with Gasteiger partial charge in [-0.2, -0.15) is 0 Å². The predicted molar refractivity (Wildman–Crippen MR) is 172 cm³/mol. The molecule has 18 nitrogen and oxygen atoms in total. The number of hydrogen-bond donors (Lipinski definition) is 8. The third-order valence-corrected chi connectivity index (χ3v) is 10.1. The third kappa shape index (κ3) is 6.94. The molecule has 0 aliphatic carbocycles. The molecule has 4 aliphatic rings. The van der Waals surface area contributed by atoms with Crippen LogP contribution in [0.25, 0.3) is 0 Å². The van der Waals surface area contributed by atoms with Gasteiger partial charge in [-0.1, -0.05) is 0 Å². The molecule has 18 heteroatoms. The molecule has 14 atom stereocenters. The molecule has 2 aromatic carbocycles. The Bertz CT molecular complexity index is 1360. The summed E-state index contributed by atoms with van der Waals surface area (Å²) in [6.07, 6.45) is -15.9. The van der Waals surface area contributed by atoms with Gasteiger partial charge in [-0.25, -0.2) is 0 Å². The molecule has 0 amide bonds. The Balaban J connectivity index is 1.22. The second kappa shape index (κ2) is 16.0. The number of aliphatic hydroxyl groups is 8. The van der Waals surface area contributed by atoms with Crippen LogP contribution in [0.5, 0.6) is 34.5 Å². The molecule has 2 aromatic rings. The minimum absolute atomic E-state index is 0.0541. The second-order valence-electron chi connectivity index (χ2n) is 13.0. The number of ether oxygens (including phenoxy) is 10. The number of methoxy groups -OCH3 is 4. The Morgan fingerprint density at radius 1 is 0.519 bits per heavy atom. The molecule has 0 unspecified atom stereocenters. The van der Waals surface area contributed by atoms with Crippen LogP contribution < -0.4 is 28.4 Å². The monoisotopic (exact) mass is 742 g/mol. The maximum atomic E-state index is 10.5. The molecular weight excluding hydrogens is 696 g/mol. The average Bonchev–Trinajstić information content (AvgIpc) is 3.78. The molecule has 6 rings (SSSR count). The molecular formula is C34H46O18. The molecule has 0 bridgehead atoms. The molecule has 0 aromatic heterocycles. The van der Waals surface area contributed by atoms with Gasteiger partial charge in [0.15, 0.2) is 23.0 Å². The Morgan fingerprint density at radius 3 is 1.13 bits per heavy atom. The van der Waals surface area contributed by atoms with Crippen LogP contribution in [-0.2, 0) is 18.9 Å². The lowest BCUT2D eigenvalue weighted by Gasteiger charge is -2.39. The lowest BCUT2D eigenvalue weighted by Crippen LogP contribution is -2.60. The van der Waals surface area contributed by atoms with Crippen molar-refractivity contribution in [2.24, 2.45) is 11.8 Å². The summed E-state index contributed by atoms with van der Waals surface area (Å²) in [5.74, 6) is 0.683. The standard InChI is InChI=1S/C34H46O18/c1-43-17-5-13(6-18(44-2)31(17)51-33-27(41)25(39)23(37)21(9-35)49-33)29-15-11-48-30(16(15)12-47-29)14-7-19(45-3)32(20(8-14)46-4)52-34-28(42)26(40)24(38)22(10-36)50-34/h5-8,15-16,21-30,33-42H,9-12H2,1-4H3/t15-,16-,21-,22+,23-,24+,25+,26-,27-,28+,29+,30-,33+,34-/m0/s1. The van der Waals surface area contributed by atoms with Crippen molar-refractivity contribution in [1.29, 1.82) is 0 Å². The summed E-state index contributed by atoms with van der Waals surface area (Å²) < 4.78 is 58.0. The molecule has 4 heterocycles. The van der Waals surface area contributed by atoms with Crippen LogP contribution >= 0.6 is 0 Å². The second-order valence-corrected chi connectivity index (χ2v) is 13.0. The average molecular weight is 743 g/mol. The first-order valence-electron chi connectivity index (χ1n) is 16.7. The minimum atomic E-state index is -1.65. The van der Waals surface area contributed by atoms with E-state index >= 15 is 0 Å². The van der Waals surface area contributed by atoms with Crippen LogP contribution in [0.1, 0.15) is 23.3 Å². The molecule has 290 valence electrons. The van der Waals surface area contributed by atoms with E-state index in [0.717, 1.165) is 0 Å². The van der Waals surface area contributed by atoms with Gasteiger partial charge in [-0.3, -0.25) is 0 Å². The van der Waals surface area contributed by atoms with Crippen LogP contribution in [0.4, 0.5) is 0 Å². The molecule has 52 heavy (non-hydrogen) atoms. The van der Waals surface area contributed by atoms with E-state index in [0.29, 0.717) is 24.3 Å². The van der Waals surface area contributed by atoms with Crippen molar-refractivity contribution in [1.82, 2.24) is 0 Å². The Morgan fingerprint density at radius 2 is 0.846 bits per heavy atom. The van der Waals surface area contributed by atoms with Crippen molar-refractivity contribution in [3.05, 3.63) is 35.4 Å². The van der Waals surface area contributed by atoms with Gasteiger partial charge in [0.1, 0.15) is 48.8 Å². The fourth-order valence-electron chi connectivity index (χ4n) is 7.16. The Hall–Kier alpha value is -3.24. The number of fused-ring (bicyclic) bond motifs is 1. The van der Waals surface area contributed by atoms with Gasteiger partial charge in [-0.05, 0) is 35.4 Å². The Kier molecular flexibility index (Phi) is 11.8. The van der Waals surface area contributed by atoms with Gasteiger partial charge in [-0.15, -0.1) is 0 Å². The van der Waals surface area contributed by atoms with Crippen molar-refractivity contribution in [2.45, 2.75) is 73.6 Å². The van der Waals surface area contributed by atoms with E-state index in [1.165, 1.54) is 28.4 Å². The van der Waals surface area contributed by atoms with E-state index in [1.54, 1.807) is 24.3 Å². The van der Waals surface area contributed by atoms with Gasteiger partial charge in [0.2, 0.25) is 24.1 Å². The van der Waals surface area contributed by atoms with Crippen molar-refractivity contribution in [3.63, 3.8) is 0 Å². The van der Waals surface area contributed by atoms with E-state index < -0.39 is 86.8 Å². The normalized spacial score (nSPS) is 37.3. The SMILES string of the molecule is COc1cc([C@H]2OC[C@H]3[C@@H]2CO[C@H]3c2cc(OC)c(O[C@@H]3O[C@H](CO)[C@@H](O)[C@H](O)[C@H]3O)c(OC)c2)cc(OC)c1O[C@H]1O[C@@H](CO)[C@H](O)[C@@H](O)[C@@H]1O. The quantitative estimate of drug-likeness (QED) is 0.119. The van der Waals surface area contributed by atoms with Gasteiger partial charge < -0.3 is 88.2 Å². The highest BCUT2D eigenvalue weighted by Crippen LogP contribution is 2.54. The first-order valence-corrected chi connectivity index (χ1v) is 16.7. The first kappa shape index (κ1) is 38.5. The summed E-state index contributed by atoms with van der Waals surface area (Å²) >= 11 is 0. The van der Waals surface area contributed by atoms with E-state index in [-0.39, 0.29) is 46.3 Å². The van der Waals surface area contributed by atoms with Crippen LogP contribution in [0.3, 0.4) is 0 Å². The van der Waals surface area contributed by atoms with Crippen LogP contribution in [0, 0.1) is 11.8 Å². The summed E-state index contributed by atoms with van der Waals surface area (Å²) in [7, 11) is 5.66. The van der Waals surface area contributed by atoms with Crippen molar-refractivity contribution in [2.75, 3.05) is 54.9 Å². The van der Waals surface area contributed by atoms with E-state index in [9.17, 15) is 40.9 Å². The highest BCUT2D eigenvalue weighted by Gasteiger charge is 2.50. The van der Waals surface area contributed by atoms with Gasteiger partial charge in [0.25, 0.3) is 0 Å². The molecule has 4 aliphatic heterocycles. The zero-order valence-corrected chi connectivity index (χ0v) is 28.9. The lowest BCUT2D eigenvalue weighted by atomic mass is 9.84. The summed E-state index contributed by atoms with van der Waals surface area (Å²) in [6.45, 7) is -0.604. The maximum absolute atomic E-state index is 10.5. The number of benzene rings is 2. The van der Waals surface area contributed by atoms with Crippen molar-refractivity contribution < 1.29 is 88.2 Å². The number of rotatable bonds is 12. The fourth-order valence-corrected chi connectivity index (χ4v) is 7.16. The third-order valence-electron chi connectivity index (χ3n) is 10.1. The maximum Gasteiger partial charge on any atom is 0.229 e. The van der Waals surface area contributed by atoms with Crippen LogP contribution in [0.2, 0.25) is 0 Å². The minimum Gasteiger partial charge on any atom is -0.493 e. The van der Waals surface area contributed by atoms with Crippen molar-refractivity contribution >= 4 is 0 Å². The summed E-state index contributed by atoms with van der Waals surface area (Å²) in [4.78, 5) is 0. The van der Waals surface area contributed by atoms with E-state index in [2.05, 4.69) is 0 Å². The molecule has 4 saturated heterocycles. The summed E-state index contributed by atoms with van der Waals surface area (Å²) in [5.41, 5.74) is 1.37. The van der Waals surface area contributed by atoms with Crippen LogP contribution in [0.15, 0.2) is 24.3 Å².